The van der Waals surface area contributed by atoms with Gasteiger partial charge >= 0.3 is 6.03 Å². The van der Waals surface area contributed by atoms with Gasteiger partial charge in [0.05, 0.1) is 0 Å². The monoisotopic (exact) mass is 335 g/mol. The molecule has 1 aliphatic heterocycles. The lowest BCUT2D eigenvalue weighted by atomic mass is 10.2. The molecule has 1 aromatic carbocycles. The maximum Gasteiger partial charge on any atom is 0.346 e. The van der Waals surface area contributed by atoms with Crippen LogP contribution in [0.2, 0.25) is 5.02 Å². The van der Waals surface area contributed by atoms with E-state index in [0.29, 0.717) is 4.80 Å². The number of hydrogen-bond acceptors (Lipinski definition) is 2. The molecule has 2 aromatic rings. The molecule has 0 unspecified atom stereocenters. The Morgan fingerprint density at radius 1 is 1.27 bits per heavy atom. The minimum absolute atomic E-state index is 0.140. The number of halogens is 1. The number of likely N-dealkylation sites (tertiary alicyclic amines) is 1. The van der Waals surface area contributed by atoms with E-state index in [1.54, 1.807) is 0 Å². The van der Waals surface area contributed by atoms with Gasteiger partial charge in [-0.1, -0.05) is 11.6 Å². The topological polar surface area (TPSA) is 37.6 Å². The summed E-state index contributed by atoms with van der Waals surface area (Å²) in [6, 6.07) is 5.69. The second-order valence-electron chi connectivity index (χ2n) is 5.52. The molecular weight excluding hydrogens is 318 g/mol. The summed E-state index contributed by atoms with van der Waals surface area (Å²) >= 11 is 7.61. The number of aryl methyl sites for hydroxylation is 2. The number of hydrogen-bond donors (Lipinski definition) is 0. The average molecular weight is 336 g/mol. The summed E-state index contributed by atoms with van der Waals surface area (Å²) < 4.78 is 1.96. The lowest BCUT2D eigenvalue weighted by Gasteiger charge is -2.11. The van der Waals surface area contributed by atoms with E-state index in [0.717, 1.165) is 47.1 Å². The summed E-state index contributed by atoms with van der Waals surface area (Å²) in [4.78, 5) is 20.2. The van der Waals surface area contributed by atoms with Gasteiger partial charge in [0, 0.05) is 34.9 Å². The number of amides is 2. The third-order valence-corrected chi connectivity index (χ3v) is 5.08. The highest BCUT2D eigenvalue weighted by Gasteiger charge is 2.17. The number of carbonyl (C=O) groups excluding carboxylic acids is 1. The van der Waals surface area contributed by atoms with E-state index < -0.39 is 0 Å². The molecule has 2 amide bonds. The Hall–Kier alpha value is -1.59. The van der Waals surface area contributed by atoms with Gasteiger partial charge in [-0.3, -0.25) is 4.57 Å². The zero-order chi connectivity index (χ0) is 15.7. The van der Waals surface area contributed by atoms with Crippen LogP contribution in [0.3, 0.4) is 0 Å². The molecule has 0 radical (unpaired) electrons. The highest BCUT2D eigenvalue weighted by Crippen LogP contribution is 2.19. The average Bonchev–Trinajstić information content (AvgIpc) is 3.12. The van der Waals surface area contributed by atoms with Gasteiger partial charge in [0.15, 0.2) is 4.80 Å². The number of urea groups is 1. The number of nitrogens with zero attached hydrogens (tertiary/aromatic N) is 3. The normalized spacial score (nSPS) is 15.6. The van der Waals surface area contributed by atoms with Crippen molar-refractivity contribution in [3.63, 3.8) is 0 Å². The summed E-state index contributed by atoms with van der Waals surface area (Å²) in [6.07, 6.45) is 4.14. The molecule has 0 atom stereocenters. The Labute approximate surface area is 138 Å². The largest absolute Gasteiger partial charge is 0.346 e. The first-order valence-corrected chi connectivity index (χ1v) is 8.53. The van der Waals surface area contributed by atoms with Crippen molar-refractivity contribution >= 4 is 29.0 Å². The molecule has 2 heterocycles. The highest BCUT2D eigenvalue weighted by atomic mass is 35.5. The van der Waals surface area contributed by atoms with Crippen molar-refractivity contribution in [2.45, 2.75) is 26.7 Å². The fourth-order valence-corrected chi connectivity index (χ4v) is 3.50. The predicted octanol–water partition coefficient (Wildman–Crippen LogP) is 3.93. The summed E-state index contributed by atoms with van der Waals surface area (Å²) in [6.45, 7) is 5.61. The summed E-state index contributed by atoms with van der Waals surface area (Å²) in [5.74, 6) is 0. The van der Waals surface area contributed by atoms with E-state index in [-0.39, 0.29) is 6.03 Å². The second kappa shape index (κ2) is 6.26. The molecule has 116 valence electrons. The van der Waals surface area contributed by atoms with Gasteiger partial charge in [-0.05, 0) is 50.5 Å². The molecule has 0 N–H and O–H groups in total. The van der Waals surface area contributed by atoms with Gasteiger partial charge in [0.25, 0.3) is 0 Å². The lowest BCUT2D eigenvalue weighted by Crippen LogP contribution is -2.27. The van der Waals surface area contributed by atoms with Crippen LogP contribution in [0.15, 0.2) is 29.4 Å². The Bertz CT molecular complexity index is 772. The molecule has 0 bridgehead atoms. The predicted molar refractivity (Wildman–Crippen MR) is 89.9 cm³/mol. The number of rotatable bonds is 1. The number of thiazole rings is 1. The minimum Gasteiger partial charge on any atom is -0.323 e. The summed E-state index contributed by atoms with van der Waals surface area (Å²) in [7, 11) is 0. The van der Waals surface area contributed by atoms with E-state index in [1.807, 2.05) is 47.7 Å². The van der Waals surface area contributed by atoms with Crippen LogP contribution in [0.5, 0.6) is 0 Å². The van der Waals surface area contributed by atoms with E-state index >= 15 is 0 Å². The molecule has 3 rings (SSSR count). The quantitative estimate of drug-likeness (QED) is 0.778. The molecule has 22 heavy (non-hydrogen) atoms. The molecule has 1 saturated heterocycles. The smallest absolute Gasteiger partial charge is 0.323 e. The van der Waals surface area contributed by atoms with Gasteiger partial charge in [-0.25, -0.2) is 4.79 Å². The molecule has 1 aliphatic rings. The van der Waals surface area contributed by atoms with Gasteiger partial charge in [0.2, 0.25) is 0 Å². The Morgan fingerprint density at radius 2 is 2.00 bits per heavy atom. The lowest BCUT2D eigenvalue weighted by molar-refractivity contribution is 0.218. The van der Waals surface area contributed by atoms with Gasteiger partial charge in [-0.2, -0.15) is 4.99 Å². The third-order valence-electron chi connectivity index (χ3n) is 3.76. The number of benzene rings is 1. The zero-order valence-corrected chi connectivity index (χ0v) is 14.2. The van der Waals surface area contributed by atoms with Crippen LogP contribution < -0.4 is 4.80 Å². The summed E-state index contributed by atoms with van der Waals surface area (Å²) in [5, 5.41) is 0.739. The number of carbonyl (C=O) groups is 1. The van der Waals surface area contributed by atoms with Crippen LogP contribution in [-0.2, 0) is 0 Å². The molecule has 1 aromatic heterocycles. The summed E-state index contributed by atoms with van der Waals surface area (Å²) in [5.41, 5.74) is 1.98. The Balaban J connectivity index is 2.02. The van der Waals surface area contributed by atoms with Crippen molar-refractivity contribution in [1.29, 1.82) is 0 Å². The molecule has 0 spiro atoms. The fourth-order valence-electron chi connectivity index (χ4n) is 2.56. The molecule has 4 nitrogen and oxygen atoms in total. The van der Waals surface area contributed by atoms with Gasteiger partial charge in [0.1, 0.15) is 0 Å². The van der Waals surface area contributed by atoms with Crippen LogP contribution in [0.1, 0.15) is 23.3 Å². The van der Waals surface area contributed by atoms with Crippen LogP contribution in [0.4, 0.5) is 4.79 Å². The Morgan fingerprint density at radius 3 is 2.68 bits per heavy atom. The second-order valence-corrected chi connectivity index (χ2v) is 7.14. The van der Waals surface area contributed by atoms with Crippen molar-refractivity contribution in [2.24, 2.45) is 4.99 Å². The van der Waals surface area contributed by atoms with Gasteiger partial charge < -0.3 is 4.90 Å². The molecule has 1 fully saturated rings. The fraction of sp³-hybridized carbons (Fsp3) is 0.375. The van der Waals surface area contributed by atoms with Crippen molar-refractivity contribution in [3.8, 4) is 5.69 Å². The minimum atomic E-state index is -0.140. The zero-order valence-electron chi connectivity index (χ0n) is 12.7. The van der Waals surface area contributed by atoms with Crippen molar-refractivity contribution < 1.29 is 4.79 Å². The van der Waals surface area contributed by atoms with Crippen molar-refractivity contribution in [1.82, 2.24) is 9.47 Å². The standard InChI is InChI=1S/C16H18ClN3OS/c1-11-9-13(5-6-14(11)17)20-10-12(2)22-16(20)18-15(21)19-7-3-4-8-19/h5-6,9-10H,3-4,7-8H2,1-2H3/b18-16-. The van der Waals surface area contributed by atoms with E-state index in [2.05, 4.69) is 4.99 Å². The van der Waals surface area contributed by atoms with Gasteiger partial charge in [-0.15, -0.1) is 11.3 Å². The van der Waals surface area contributed by atoms with Crippen LogP contribution in [0, 0.1) is 13.8 Å². The van der Waals surface area contributed by atoms with E-state index in [4.69, 9.17) is 11.6 Å². The van der Waals surface area contributed by atoms with Crippen LogP contribution >= 0.6 is 22.9 Å². The first-order valence-electron chi connectivity index (χ1n) is 7.34. The first kappa shape index (κ1) is 15.3. The molecule has 0 saturated carbocycles. The maximum absolute atomic E-state index is 12.3. The highest BCUT2D eigenvalue weighted by molar-refractivity contribution is 7.09. The molecular formula is C16H18ClN3OS. The van der Waals surface area contributed by atoms with E-state index in [1.165, 1.54) is 11.3 Å². The maximum atomic E-state index is 12.3. The first-order chi connectivity index (χ1) is 10.5. The van der Waals surface area contributed by atoms with Crippen LogP contribution in [-0.4, -0.2) is 28.6 Å². The van der Waals surface area contributed by atoms with Crippen LogP contribution in [0.25, 0.3) is 5.69 Å². The molecule has 0 aliphatic carbocycles. The van der Waals surface area contributed by atoms with Crippen molar-refractivity contribution in [3.05, 3.63) is 44.7 Å². The molecule has 6 heteroatoms. The SMILES string of the molecule is Cc1cn(-c2ccc(Cl)c(C)c2)/c(=N/C(=O)N2CCCC2)s1. The Kier molecular flexibility index (Phi) is 4.36. The van der Waals surface area contributed by atoms with E-state index in [9.17, 15) is 4.79 Å². The van der Waals surface area contributed by atoms with Crippen molar-refractivity contribution in [2.75, 3.05) is 13.1 Å². The number of aromatic nitrogens is 1. The third kappa shape index (κ3) is 3.10.